The molecule has 0 aliphatic carbocycles. The first-order valence-corrected chi connectivity index (χ1v) is 7.86. The van der Waals surface area contributed by atoms with Gasteiger partial charge in [0.15, 0.2) is 0 Å². The minimum atomic E-state index is 0.608. The molecule has 0 aliphatic heterocycles. The molecular formula is C18H25N3O. The third-order valence-corrected chi connectivity index (χ3v) is 3.77. The van der Waals surface area contributed by atoms with Crippen LogP contribution in [0.1, 0.15) is 35.7 Å². The number of hydrogen-bond donors (Lipinski definition) is 1. The van der Waals surface area contributed by atoms with Crippen molar-refractivity contribution in [2.45, 2.75) is 40.5 Å². The van der Waals surface area contributed by atoms with Crippen LogP contribution in [-0.4, -0.2) is 23.1 Å². The molecule has 0 saturated heterocycles. The van der Waals surface area contributed by atoms with Gasteiger partial charge in [0, 0.05) is 11.3 Å². The van der Waals surface area contributed by atoms with Crippen molar-refractivity contribution in [2.24, 2.45) is 0 Å². The maximum Gasteiger partial charge on any atom is 0.132 e. The van der Waals surface area contributed by atoms with Crippen molar-refractivity contribution in [3.63, 3.8) is 0 Å². The summed E-state index contributed by atoms with van der Waals surface area (Å²) >= 11 is 0. The van der Waals surface area contributed by atoms with Crippen LogP contribution in [0.3, 0.4) is 0 Å². The van der Waals surface area contributed by atoms with Gasteiger partial charge in [-0.25, -0.2) is 9.97 Å². The van der Waals surface area contributed by atoms with E-state index in [1.165, 1.54) is 17.5 Å². The van der Waals surface area contributed by atoms with Crippen molar-refractivity contribution in [2.75, 3.05) is 18.5 Å². The number of benzene rings is 1. The maximum absolute atomic E-state index is 5.86. The molecule has 0 atom stereocenters. The van der Waals surface area contributed by atoms with Crippen LogP contribution in [0.15, 0.2) is 24.5 Å². The van der Waals surface area contributed by atoms with Crippen molar-refractivity contribution in [1.82, 2.24) is 9.97 Å². The summed E-state index contributed by atoms with van der Waals surface area (Å²) in [5, 5.41) is 3.30. The lowest BCUT2D eigenvalue weighted by Crippen LogP contribution is -2.14. The van der Waals surface area contributed by atoms with Crippen LogP contribution in [0, 0.1) is 20.8 Å². The summed E-state index contributed by atoms with van der Waals surface area (Å²) in [4.78, 5) is 8.42. The fourth-order valence-corrected chi connectivity index (χ4v) is 2.36. The second-order valence-corrected chi connectivity index (χ2v) is 5.56. The number of aromatic nitrogens is 2. The topological polar surface area (TPSA) is 47.0 Å². The Kier molecular flexibility index (Phi) is 5.75. The van der Waals surface area contributed by atoms with Gasteiger partial charge >= 0.3 is 0 Å². The molecule has 0 bridgehead atoms. The Bertz CT molecular complexity index is 626. The molecule has 118 valence electrons. The number of rotatable bonds is 7. The first-order valence-electron chi connectivity index (χ1n) is 7.86. The molecule has 0 unspecified atom stereocenters. The summed E-state index contributed by atoms with van der Waals surface area (Å²) in [5.41, 5.74) is 4.65. The Balaban J connectivity index is 1.85. The molecule has 0 radical (unpaired) electrons. The van der Waals surface area contributed by atoms with Gasteiger partial charge in [0.25, 0.3) is 0 Å². The van der Waals surface area contributed by atoms with E-state index in [0.29, 0.717) is 13.2 Å². The predicted octanol–water partition coefficient (Wildman–Crippen LogP) is 3.85. The third-order valence-electron chi connectivity index (χ3n) is 3.77. The highest BCUT2D eigenvalue weighted by Crippen LogP contribution is 2.20. The van der Waals surface area contributed by atoms with Gasteiger partial charge in [-0.2, -0.15) is 0 Å². The molecule has 1 aromatic carbocycles. The average Bonchev–Trinajstić information content (AvgIpc) is 2.50. The molecule has 22 heavy (non-hydrogen) atoms. The summed E-state index contributed by atoms with van der Waals surface area (Å²) in [5.74, 6) is 1.84. The Hall–Kier alpha value is -2.10. The molecule has 0 aliphatic rings. The van der Waals surface area contributed by atoms with Crippen molar-refractivity contribution in [1.29, 1.82) is 0 Å². The van der Waals surface area contributed by atoms with E-state index in [-0.39, 0.29) is 0 Å². The predicted molar refractivity (Wildman–Crippen MR) is 90.7 cm³/mol. The van der Waals surface area contributed by atoms with Gasteiger partial charge in [-0.3, -0.25) is 0 Å². The Morgan fingerprint density at radius 1 is 1.14 bits per heavy atom. The van der Waals surface area contributed by atoms with E-state index >= 15 is 0 Å². The summed E-state index contributed by atoms with van der Waals surface area (Å²) < 4.78 is 5.86. The lowest BCUT2D eigenvalue weighted by molar-refractivity contribution is 0.330. The zero-order chi connectivity index (χ0) is 15.9. The molecule has 1 aromatic heterocycles. The lowest BCUT2D eigenvalue weighted by atomic mass is 10.1. The molecule has 0 spiro atoms. The highest BCUT2D eigenvalue weighted by Gasteiger charge is 2.04. The normalized spacial score (nSPS) is 10.5. The molecule has 2 rings (SSSR count). The summed E-state index contributed by atoms with van der Waals surface area (Å²) in [6.07, 6.45) is 3.87. The highest BCUT2D eigenvalue weighted by molar-refractivity contribution is 5.44. The smallest absolute Gasteiger partial charge is 0.132 e. The van der Waals surface area contributed by atoms with Gasteiger partial charge in [-0.15, -0.1) is 0 Å². The molecule has 4 heteroatoms. The standard InChI is InChI=1S/C18H25N3O/c1-5-6-16-7-8-17(13(2)11-16)22-10-9-19-18-14(3)15(4)20-12-21-18/h7-8,11-12H,5-6,9-10H2,1-4H3,(H,19,20,21). The number of ether oxygens (including phenoxy) is 1. The first-order chi connectivity index (χ1) is 10.6. The molecule has 0 amide bonds. The van der Waals surface area contributed by atoms with Crippen molar-refractivity contribution >= 4 is 5.82 Å². The molecule has 0 fully saturated rings. The quantitative estimate of drug-likeness (QED) is 0.789. The van der Waals surface area contributed by atoms with Gasteiger partial charge in [-0.05, 0) is 44.4 Å². The van der Waals surface area contributed by atoms with E-state index in [4.69, 9.17) is 4.74 Å². The Labute approximate surface area is 133 Å². The van der Waals surface area contributed by atoms with Crippen LogP contribution in [0.5, 0.6) is 5.75 Å². The lowest BCUT2D eigenvalue weighted by Gasteiger charge is -2.12. The fourth-order valence-electron chi connectivity index (χ4n) is 2.36. The molecule has 1 N–H and O–H groups in total. The zero-order valence-corrected chi connectivity index (χ0v) is 13.9. The molecule has 0 saturated carbocycles. The van der Waals surface area contributed by atoms with E-state index in [1.54, 1.807) is 6.33 Å². The monoisotopic (exact) mass is 299 g/mol. The summed E-state index contributed by atoms with van der Waals surface area (Å²) in [6, 6.07) is 6.43. The van der Waals surface area contributed by atoms with Crippen LogP contribution in [0.2, 0.25) is 0 Å². The Morgan fingerprint density at radius 2 is 1.95 bits per heavy atom. The average molecular weight is 299 g/mol. The van der Waals surface area contributed by atoms with Crippen molar-refractivity contribution in [3.05, 3.63) is 46.9 Å². The highest BCUT2D eigenvalue weighted by atomic mass is 16.5. The SMILES string of the molecule is CCCc1ccc(OCCNc2ncnc(C)c2C)c(C)c1. The van der Waals surface area contributed by atoms with E-state index in [1.807, 2.05) is 13.8 Å². The maximum atomic E-state index is 5.86. The number of nitrogens with zero attached hydrogens (tertiary/aromatic N) is 2. The zero-order valence-electron chi connectivity index (χ0n) is 13.9. The van der Waals surface area contributed by atoms with Gasteiger partial charge in [0.1, 0.15) is 24.5 Å². The molecule has 4 nitrogen and oxygen atoms in total. The van der Waals surface area contributed by atoms with Gasteiger partial charge in [0.2, 0.25) is 0 Å². The van der Waals surface area contributed by atoms with Crippen LogP contribution in [0.25, 0.3) is 0 Å². The van der Waals surface area contributed by atoms with Crippen LogP contribution in [-0.2, 0) is 6.42 Å². The van der Waals surface area contributed by atoms with Gasteiger partial charge < -0.3 is 10.1 Å². The minimum Gasteiger partial charge on any atom is -0.491 e. The minimum absolute atomic E-state index is 0.608. The van der Waals surface area contributed by atoms with E-state index in [2.05, 4.69) is 47.3 Å². The molecular weight excluding hydrogens is 274 g/mol. The van der Waals surface area contributed by atoms with Gasteiger partial charge in [-0.1, -0.05) is 25.5 Å². The number of hydrogen-bond acceptors (Lipinski definition) is 4. The van der Waals surface area contributed by atoms with Crippen molar-refractivity contribution in [3.8, 4) is 5.75 Å². The largest absolute Gasteiger partial charge is 0.491 e. The van der Waals surface area contributed by atoms with Crippen molar-refractivity contribution < 1.29 is 4.74 Å². The van der Waals surface area contributed by atoms with Crippen LogP contribution >= 0.6 is 0 Å². The molecule has 2 aromatic rings. The van der Waals surface area contributed by atoms with Crippen LogP contribution < -0.4 is 10.1 Å². The number of aryl methyl sites for hydroxylation is 3. The fraction of sp³-hybridized carbons (Fsp3) is 0.444. The van der Waals surface area contributed by atoms with E-state index in [0.717, 1.165) is 29.2 Å². The number of nitrogens with one attached hydrogen (secondary N) is 1. The van der Waals surface area contributed by atoms with E-state index in [9.17, 15) is 0 Å². The summed E-state index contributed by atoms with van der Waals surface area (Å²) in [7, 11) is 0. The third kappa shape index (κ3) is 4.20. The number of anilines is 1. The Morgan fingerprint density at radius 3 is 2.68 bits per heavy atom. The molecule has 1 heterocycles. The van der Waals surface area contributed by atoms with Crippen LogP contribution in [0.4, 0.5) is 5.82 Å². The second kappa shape index (κ2) is 7.78. The van der Waals surface area contributed by atoms with E-state index < -0.39 is 0 Å². The first kappa shape index (κ1) is 16.3. The second-order valence-electron chi connectivity index (χ2n) is 5.56. The van der Waals surface area contributed by atoms with Gasteiger partial charge in [0.05, 0.1) is 6.54 Å². The summed E-state index contributed by atoms with van der Waals surface area (Å²) in [6.45, 7) is 9.63.